The number of fused-ring (bicyclic) bond motifs is 2. The Hall–Kier alpha value is -3.39. The molecule has 7 nitrogen and oxygen atoms in total. The van der Waals surface area contributed by atoms with Crippen LogP contribution in [0, 0.1) is 0 Å². The lowest BCUT2D eigenvalue weighted by molar-refractivity contribution is -0.115. The number of aromatic nitrogens is 2. The average molecular weight is 409 g/mol. The number of thiazole rings is 1. The molecule has 4 aromatic rings. The second kappa shape index (κ2) is 7.56. The van der Waals surface area contributed by atoms with Crippen LogP contribution < -0.4 is 10.1 Å². The van der Waals surface area contributed by atoms with Gasteiger partial charge in [-0.3, -0.25) is 4.79 Å². The van der Waals surface area contributed by atoms with Crippen molar-refractivity contribution in [2.75, 3.05) is 12.4 Å². The lowest BCUT2D eigenvalue weighted by Crippen LogP contribution is -2.17. The van der Waals surface area contributed by atoms with Crippen LogP contribution in [0.25, 0.3) is 21.1 Å². The molecule has 2 aromatic carbocycles. The predicted octanol–water partition coefficient (Wildman–Crippen LogP) is 4.16. The van der Waals surface area contributed by atoms with Gasteiger partial charge in [0.15, 0.2) is 5.13 Å². The number of methoxy groups -OCH3 is 1. The van der Waals surface area contributed by atoms with E-state index in [4.69, 9.17) is 4.74 Å². The van der Waals surface area contributed by atoms with Crippen LogP contribution in [0.5, 0.6) is 5.75 Å². The quantitative estimate of drug-likeness (QED) is 0.499. The standard InChI is InChI=1S/C21H19N3O4S/c1-3-24-16-7-5-4-6-13(16)14(19(24)20(26)27)11-18(25)23-21-22-15-9-8-12(28-2)10-17(15)29-21/h4-10H,3,11H2,1-2H3,(H,26,27)(H,22,23,25). The second-order valence-corrected chi connectivity index (χ2v) is 7.50. The number of aryl methyl sites for hydroxylation is 1. The van der Waals surface area contributed by atoms with Crippen molar-refractivity contribution in [1.82, 2.24) is 9.55 Å². The van der Waals surface area contributed by atoms with E-state index in [1.54, 1.807) is 11.7 Å². The Bertz CT molecular complexity index is 1240. The van der Waals surface area contributed by atoms with Gasteiger partial charge in [0.25, 0.3) is 0 Å². The fraction of sp³-hybridized carbons (Fsp3) is 0.190. The lowest BCUT2D eigenvalue weighted by atomic mass is 10.1. The number of hydrogen-bond acceptors (Lipinski definition) is 5. The molecule has 0 spiro atoms. The summed E-state index contributed by atoms with van der Waals surface area (Å²) in [6.07, 6.45) is -0.0472. The number of carboxylic acid groups (broad SMARTS) is 1. The minimum absolute atomic E-state index is 0.0472. The van der Waals surface area contributed by atoms with Crippen molar-refractivity contribution in [3.8, 4) is 5.75 Å². The van der Waals surface area contributed by atoms with Gasteiger partial charge in [-0.15, -0.1) is 0 Å². The number of aromatic carboxylic acids is 1. The molecule has 0 aliphatic heterocycles. The van der Waals surface area contributed by atoms with Gasteiger partial charge in [-0.2, -0.15) is 0 Å². The fourth-order valence-corrected chi connectivity index (χ4v) is 4.45. The molecule has 0 radical (unpaired) electrons. The number of hydrogen-bond donors (Lipinski definition) is 2. The largest absolute Gasteiger partial charge is 0.497 e. The molecule has 2 aromatic heterocycles. The Kier molecular flexibility index (Phi) is 4.94. The number of ether oxygens (including phenoxy) is 1. The summed E-state index contributed by atoms with van der Waals surface area (Å²) in [5.74, 6) is -0.632. The van der Waals surface area contributed by atoms with Gasteiger partial charge in [-0.25, -0.2) is 9.78 Å². The van der Waals surface area contributed by atoms with Crippen LogP contribution in [0.1, 0.15) is 23.0 Å². The van der Waals surface area contributed by atoms with Gasteiger partial charge < -0.3 is 19.7 Å². The van der Waals surface area contributed by atoms with E-state index in [0.29, 0.717) is 17.2 Å². The number of para-hydroxylation sites is 1. The Morgan fingerprint density at radius 2 is 2.03 bits per heavy atom. The first-order chi connectivity index (χ1) is 14.0. The molecule has 148 valence electrons. The van der Waals surface area contributed by atoms with E-state index < -0.39 is 5.97 Å². The third-order valence-electron chi connectivity index (χ3n) is 4.77. The summed E-state index contributed by atoms with van der Waals surface area (Å²) in [4.78, 5) is 29.1. The third-order valence-corrected chi connectivity index (χ3v) is 5.71. The molecule has 4 rings (SSSR count). The first-order valence-electron chi connectivity index (χ1n) is 9.09. The van der Waals surface area contributed by atoms with Gasteiger partial charge >= 0.3 is 5.97 Å². The van der Waals surface area contributed by atoms with E-state index in [0.717, 1.165) is 26.9 Å². The van der Waals surface area contributed by atoms with Crippen molar-refractivity contribution in [2.45, 2.75) is 19.9 Å². The molecule has 8 heteroatoms. The molecular weight excluding hydrogens is 390 g/mol. The topological polar surface area (TPSA) is 93.5 Å². The van der Waals surface area contributed by atoms with Crippen molar-refractivity contribution in [3.05, 3.63) is 53.7 Å². The fourth-order valence-electron chi connectivity index (χ4n) is 3.54. The number of anilines is 1. The molecule has 0 saturated carbocycles. The molecule has 2 heterocycles. The summed E-state index contributed by atoms with van der Waals surface area (Å²) < 4.78 is 7.84. The zero-order valence-electron chi connectivity index (χ0n) is 15.9. The Balaban J connectivity index is 1.66. The Morgan fingerprint density at radius 3 is 2.76 bits per heavy atom. The SMILES string of the molecule is CCn1c(C(=O)O)c(CC(=O)Nc2nc3ccc(OC)cc3s2)c2ccccc21. The van der Waals surface area contributed by atoms with Crippen LogP contribution in [0.3, 0.4) is 0 Å². The zero-order chi connectivity index (χ0) is 20.5. The van der Waals surface area contributed by atoms with E-state index in [9.17, 15) is 14.7 Å². The Morgan fingerprint density at radius 1 is 1.24 bits per heavy atom. The highest BCUT2D eigenvalue weighted by molar-refractivity contribution is 7.22. The molecule has 2 N–H and O–H groups in total. The van der Waals surface area contributed by atoms with Crippen molar-refractivity contribution in [1.29, 1.82) is 0 Å². The zero-order valence-corrected chi connectivity index (χ0v) is 16.7. The lowest BCUT2D eigenvalue weighted by Gasteiger charge is -2.06. The minimum atomic E-state index is -1.04. The van der Waals surface area contributed by atoms with E-state index in [-0.39, 0.29) is 18.0 Å². The van der Waals surface area contributed by atoms with Crippen molar-refractivity contribution >= 4 is 49.5 Å². The number of amides is 1. The number of carbonyl (C=O) groups excluding carboxylic acids is 1. The molecule has 0 unspecified atom stereocenters. The van der Waals surface area contributed by atoms with Crippen molar-refractivity contribution in [2.24, 2.45) is 0 Å². The van der Waals surface area contributed by atoms with E-state index in [2.05, 4.69) is 10.3 Å². The number of rotatable bonds is 6. The van der Waals surface area contributed by atoms with Gasteiger partial charge in [0.2, 0.25) is 5.91 Å². The highest BCUT2D eigenvalue weighted by Gasteiger charge is 2.23. The van der Waals surface area contributed by atoms with Crippen molar-refractivity contribution < 1.29 is 19.4 Å². The number of benzene rings is 2. The monoisotopic (exact) mass is 409 g/mol. The van der Waals surface area contributed by atoms with Crippen LogP contribution >= 0.6 is 11.3 Å². The van der Waals surface area contributed by atoms with E-state index >= 15 is 0 Å². The summed E-state index contributed by atoms with van der Waals surface area (Å²) in [7, 11) is 1.59. The van der Waals surface area contributed by atoms with Gasteiger partial charge in [0.1, 0.15) is 11.4 Å². The molecule has 29 heavy (non-hydrogen) atoms. The molecule has 0 aliphatic carbocycles. The number of nitrogens with zero attached hydrogens (tertiary/aromatic N) is 2. The second-order valence-electron chi connectivity index (χ2n) is 6.47. The first-order valence-corrected chi connectivity index (χ1v) is 9.91. The number of nitrogens with one attached hydrogen (secondary N) is 1. The highest BCUT2D eigenvalue weighted by Crippen LogP contribution is 2.30. The maximum Gasteiger partial charge on any atom is 0.352 e. The first kappa shape index (κ1) is 18.9. The van der Waals surface area contributed by atoms with E-state index in [1.807, 2.05) is 49.4 Å². The molecule has 1 amide bonds. The maximum absolute atomic E-state index is 12.7. The minimum Gasteiger partial charge on any atom is -0.497 e. The molecule has 0 saturated heterocycles. The molecule has 0 fully saturated rings. The van der Waals surface area contributed by atoms with Gasteiger partial charge in [-0.1, -0.05) is 29.5 Å². The third kappa shape index (κ3) is 3.42. The van der Waals surface area contributed by atoms with Crippen molar-refractivity contribution in [3.63, 3.8) is 0 Å². The summed E-state index contributed by atoms with van der Waals surface area (Å²) in [6.45, 7) is 2.39. The number of carbonyl (C=O) groups is 2. The van der Waals surface area contributed by atoms with E-state index in [1.165, 1.54) is 11.3 Å². The Labute approximate surface area is 170 Å². The van der Waals surface area contributed by atoms with Crippen LogP contribution in [-0.4, -0.2) is 33.6 Å². The van der Waals surface area contributed by atoms with Gasteiger partial charge in [0, 0.05) is 23.0 Å². The predicted molar refractivity (Wildman–Crippen MR) is 113 cm³/mol. The van der Waals surface area contributed by atoms with Crippen LogP contribution in [0.4, 0.5) is 5.13 Å². The van der Waals surface area contributed by atoms with Crippen LogP contribution in [-0.2, 0) is 17.8 Å². The summed E-state index contributed by atoms with van der Waals surface area (Å²) in [5.41, 5.74) is 2.23. The average Bonchev–Trinajstić information content (AvgIpc) is 3.25. The van der Waals surface area contributed by atoms with Gasteiger partial charge in [0.05, 0.1) is 23.7 Å². The molecular formula is C21H19N3O4S. The molecule has 0 atom stereocenters. The normalized spacial score (nSPS) is 11.1. The molecule has 0 bridgehead atoms. The molecule has 0 aliphatic rings. The van der Waals surface area contributed by atoms with Crippen LogP contribution in [0.15, 0.2) is 42.5 Å². The van der Waals surface area contributed by atoms with Crippen LogP contribution in [0.2, 0.25) is 0 Å². The smallest absolute Gasteiger partial charge is 0.352 e. The summed E-state index contributed by atoms with van der Waals surface area (Å²) >= 11 is 1.34. The summed E-state index contributed by atoms with van der Waals surface area (Å²) in [6, 6.07) is 12.9. The maximum atomic E-state index is 12.7. The van der Waals surface area contributed by atoms with Gasteiger partial charge in [-0.05, 0) is 31.2 Å². The highest BCUT2D eigenvalue weighted by atomic mass is 32.1. The number of carboxylic acids is 1. The summed E-state index contributed by atoms with van der Waals surface area (Å²) in [5, 5.41) is 13.8.